The Bertz CT molecular complexity index is 233. The second-order valence-electron chi connectivity index (χ2n) is 2.13. The zero-order valence-electron chi connectivity index (χ0n) is 6.93. The number of hydrogen-bond acceptors (Lipinski definition) is 2. The molecule has 0 amide bonds. The highest BCUT2D eigenvalue weighted by molar-refractivity contribution is 9.10. The molecule has 0 aliphatic heterocycles. The Morgan fingerprint density at radius 3 is 2.50 bits per heavy atom. The van der Waals surface area contributed by atoms with E-state index in [0.717, 1.165) is 15.9 Å². The van der Waals surface area contributed by atoms with Gasteiger partial charge in [0.05, 0.1) is 7.11 Å². The molecule has 2 nitrogen and oxygen atoms in total. The van der Waals surface area contributed by atoms with Gasteiger partial charge in [-0.2, -0.15) is 0 Å². The van der Waals surface area contributed by atoms with Gasteiger partial charge in [0.25, 0.3) is 0 Å². The van der Waals surface area contributed by atoms with Crippen molar-refractivity contribution in [3.05, 3.63) is 22.7 Å². The third-order valence-corrected chi connectivity index (χ3v) is 1.85. The maximum Gasteiger partial charge on any atom is 0.122 e. The molecule has 0 unspecified atom stereocenters. The Hall–Kier alpha value is -0.410. The molecule has 1 N–H and O–H groups in total. The molecule has 1 aromatic rings. The van der Waals surface area contributed by atoms with Gasteiger partial charge in [-0.05, 0) is 12.1 Å². The van der Waals surface area contributed by atoms with E-state index >= 15 is 0 Å². The largest absolute Gasteiger partial charge is 0.497 e. The van der Waals surface area contributed by atoms with Crippen LogP contribution in [0.3, 0.4) is 0 Å². The van der Waals surface area contributed by atoms with Gasteiger partial charge in [0, 0.05) is 23.3 Å². The summed E-state index contributed by atoms with van der Waals surface area (Å²) < 4.78 is 6.08. The number of methoxy groups -OCH3 is 1. The first-order valence-electron chi connectivity index (χ1n) is 3.28. The average Bonchev–Trinajstić information content (AvgIpc) is 2.03. The lowest BCUT2D eigenvalue weighted by Crippen LogP contribution is -1.89. The van der Waals surface area contributed by atoms with Crippen molar-refractivity contribution in [2.45, 2.75) is 0 Å². The van der Waals surface area contributed by atoms with E-state index in [1.165, 1.54) is 0 Å². The lowest BCUT2D eigenvalue weighted by Gasteiger charge is -2.04. The molecular formula is C8H11BrClNO. The van der Waals surface area contributed by atoms with Crippen molar-refractivity contribution in [1.29, 1.82) is 0 Å². The van der Waals surface area contributed by atoms with Gasteiger partial charge < -0.3 is 10.1 Å². The minimum absolute atomic E-state index is 0. The van der Waals surface area contributed by atoms with E-state index in [-0.39, 0.29) is 12.4 Å². The summed E-state index contributed by atoms with van der Waals surface area (Å²) in [5.74, 6) is 0.851. The highest BCUT2D eigenvalue weighted by atomic mass is 79.9. The fourth-order valence-electron chi connectivity index (χ4n) is 0.825. The molecule has 0 saturated heterocycles. The third kappa shape index (κ3) is 2.91. The Labute approximate surface area is 86.8 Å². The normalized spacial score (nSPS) is 8.58. The summed E-state index contributed by atoms with van der Waals surface area (Å²) in [4.78, 5) is 0. The molecule has 0 spiro atoms. The van der Waals surface area contributed by atoms with Crippen molar-refractivity contribution >= 4 is 34.0 Å². The van der Waals surface area contributed by atoms with Crippen molar-refractivity contribution in [3.63, 3.8) is 0 Å². The summed E-state index contributed by atoms with van der Waals surface area (Å²) in [5.41, 5.74) is 1.04. The summed E-state index contributed by atoms with van der Waals surface area (Å²) >= 11 is 3.37. The van der Waals surface area contributed by atoms with E-state index in [1.54, 1.807) is 7.11 Å². The lowest BCUT2D eigenvalue weighted by atomic mass is 10.3. The van der Waals surface area contributed by atoms with E-state index in [4.69, 9.17) is 4.74 Å². The molecule has 0 saturated carbocycles. The van der Waals surface area contributed by atoms with Gasteiger partial charge in [-0.1, -0.05) is 15.9 Å². The number of anilines is 1. The average molecular weight is 253 g/mol. The molecule has 0 aromatic heterocycles. The van der Waals surface area contributed by atoms with Crippen molar-refractivity contribution in [1.82, 2.24) is 0 Å². The predicted molar refractivity (Wildman–Crippen MR) is 57.5 cm³/mol. The van der Waals surface area contributed by atoms with Crippen LogP contribution in [0, 0.1) is 0 Å². The van der Waals surface area contributed by atoms with Crippen LogP contribution < -0.4 is 10.1 Å². The molecule has 4 heteroatoms. The fourth-order valence-corrected chi connectivity index (χ4v) is 1.30. The van der Waals surface area contributed by atoms with E-state index in [2.05, 4.69) is 21.2 Å². The first kappa shape index (κ1) is 11.6. The summed E-state index contributed by atoms with van der Waals surface area (Å²) in [6.07, 6.45) is 0. The smallest absolute Gasteiger partial charge is 0.122 e. The zero-order chi connectivity index (χ0) is 8.27. The van der Waals surface area contributed by atoms with Crippen LogP contribution in [-0.2, 0) is 0 Å². The van der Waals surface area contributed by atoms with Crippen LogP contribution in [0.1, 0.15) is 0 Å². The maximum absolute atomic E-state index is 5.07. The molecule has 1 rings (SSSR count). The van der Waals surface area contributed by atoms with Gasteiger partial charge in [-0.15, -0.1) is 12.4 Å². The minimum atomic E-state index is 0. The molecule has 0 atom stereocenters. The van der Waals surface area contributed by atoms with Crippen LogP contribution in [0.15, 0.2) is 22.7 Å². The molecular weight excluding hydrogens is 241 g/mol. The van der Waals surface area contributed by atoms with E-state index < -0.39 is 0 Å². The second-order valence-corrected chi connectivity index (χ2v) is 3.05. The highest BCUT2D eigenvalue weighted by Crippen LogP contribution is 2.23. The Morgan fingerprint density at radius 2 is 2.00 bits per heavy atom. The number of hydrogen-bond donors (Lipinski definition) is 1. The molecule has 0 aliphatic rings. The van der Waals surface area contributed by atoms with Crippen LogP contribution in [0.25, 0.3) is 0 Å². The SMILES string of the molecule is CNc1cc(Br)cc(OC)c1.Cl. The van der Waals surface area contributed by atoms with E-state index in [9.17, 15) is 0 Å². The van der Waals surface area contributed by atoms with E-state index in [1.807, 2.05) is 25.2 Å². The van der Waals surface area contributed by atoms with Crippen LogP contribution in [0.5, 0.6) is 5.75 Å². The quantitative estimate of drug-likeness (QED) is 0.874. The minimum Gasteiger partial charge on any atom is -0.497 e. The summed E-state index contributed by atoms with van der Waals surface area (Å²) in [6, 6.07) is 5.84. The van der Waals surface area contributed by atoms with Crippen LogP contribution >= 0.6 is 28.3 Å². The van der Waals surface area contributed by atoms with Crippen molar-refractivity contribution in [2.24, 2.45) is 0 Å². The Morgan fingerprint density at radius 1 is 1.33 bits per heavy atom. The molecule has 0 radical (unpaired) electrons. The Balaban J connectivity index is 0.00000121. The van der Waals surface area contributed by atoms with Crippen molar-refractivity contribution in [3.8, 4) is 5.75 Å². The van der Waals surface area contributed by atoms with Gasteiger partial charge >= 0.3 is 0 Å². The van der Waals surface area contributed by atoms with Gasteiger partial charge in [-0.3, -0.25) is 0 Å². The van der Waals surface area contributed by atoms with Gasteiger partial charge in [0.15, 0.2) is 0 Å². The first-order chi connectivity index (χ1) is 5.26. The molecule has 1 aromatic carbocycles. The summed E-state index contributed by atoms with van der Waals surface area (Å²) in [6.45, 7) is 0. The van der Waals surface area contributed by atoms with E-state index in [0.29, 0.717) is 0 Å². The van der Waals surface area contributed by atoms with Gasteiger partial charge in [0.2, 0.25) is 0 Å². The molecule has 68 valence electrons. The first-order valence-corrected chi connectivity index (χ1v) is 4.08. The van der Waals surface area contributed by atoms with Gasteiger partial charge in [-0.25, -0.2) is 0 Å². The lowest BCUT2D eigenvalue weighted by molar-refractivity contribution is 0.414. The molecule has 0 fully saturated rings. The summed E-state index contributed by atoms with van der Waals surface area (Å²) in [5, 5.41) is 3.03. The van der Waals surface area contributed by atoms with Crippen LogP contribution in [0.2, 0.25) is 0 Å². The van der Waals surface area contributed by atoms with Crippen molar-refractivity contribution in [2.75, 3.05) is 19.5 Å². The number of ether oxygens (including phenoxy) is 1. The molecule has 12 heavy (non-hydrogen) atoms. The fraction of sp³-hybridized carbons (Fsp3) is 0.250. The number of rotatable bonds is 2. The standard InChI is InChI=1S/C8H10BrNO.ClH/c1-10-7-3-6(9)4-8(5-7)11-2;/h3-5,10H,1-2H3;1H. The monoisotopic (exact) mass is 251 g/mol. The second kappa shape index (κ2) is 5.27. The predicted octanol–water partition coefficient (Wildman–Crippen LogP) is 2.92. The molecule has 0 heterocycles. The maximum atomic E-state index is 5.07. The van der Waals surface area contributed by atoms with Gasteiger partial charge in [0.1, 0.15) is 5.75 Å². The zero-order valence-corrected chi connectivity index (χ0v) is 9.33. The van der Waals surface area contributed by atoms with Crippen molar-refractivity contribution < 1.29 is 4.74 Å². The van der Waals surface area contributed by atoms with Crippen LogP contribution in [0.4, 0.5) is 5.69 Å². The molecule has 0 aliphatic carbocycles. The topological polar surface area (TPSA) is 21.3 Å². The number of halogens is 2. The Kier molecular flexibility index (Phi) is 5.09. The number of benzene rings is 1. The molecule has 0 bridgehead atoms. The number of nitrogens with one attached hydrogen (secondary N) is 1. The third-order valence-electron chi connectivity index (χ3n) is 1.40. The van der Waals surface area contributed by atoms with Crippen LogP contribution in [-0.4, -0.2) is 14.2 Å². The highest BCUT2D eigenvalue weighted by Gasteiger charge is 1.96. The summed E-state index contributed by atoms with van der Waals surface area (Å²) in [7, 11) is 3.53.